The zero-order valence-corrected chi connectivity index (χ0v) is 59.3. The van der Waals surface area contributed by atoms with Crippen LogP contribution in [0.2, 0.25) is 0 Å². The van der Waals surface area contributed by atoms with E-state index in [1.165, 1.54) is 25.7 Å². The molecule has 0 spiro atoms. The molecule has 0 unspecified atom stereocenters. The summed E-state index contributed by atoms with van der Waals surface area (Å²) < 4.78 is 0. The molecular weight excluding hydrogens is 1250 g/mol. The predicted octanol–water partition coefficient (Wildman–Crippen LogP) is -3.44. The highest BCUT2D eigenvalue weighted by molar-refractivity contribution is 6.00. The van der Waals surface area contributed by atoms with E-state index >= 15 is 0 Å². The summed E-state index contributed by atoms with van der Waals surface area (Å²) in [6.45, 7) is 25.7. The van der Waals surface area contributed by atoms with Crippen molar-refractivity contribution in [1.29, 1.82) is 0 Å². The minimum Gasteiger partial charge on any atom is -0.391 e. The molecule has 1 saturated heterocycles. The van der Waals surface area contributed by atoms with Gasteiger partial charge in [0.05, 0.1) is 31.8 Å². The Morgan fingerprint density at radius 3 is 1.31 bits per heavy atom. The third-order valence-corrected chi connectivity index (χ3v) is 16.0. The van der Waals surface area contributed by atoms with Crippen molar-refractivity contribution in [3.05, 3.63) is 0 Å². The maximum atomic E-state index is 14.4. The average Bonchev–Trinajstić information content (AvgIpc) is 1.43. The normalized spacial score (nSPS) is 17.1. The van der Waals surface area contributed by atoms with Crippen LogP contribution in [0, 0.1) is 35.5 Å². The number of nitrogens with two attached hydrogens (primary N) is 2. The van der Waals surface area contributed by atoms with Crippen molar-refractivity contribution in [2.45, 2.75) is 247 Å². The van der Waals surface area contributed by atoms with Gasteiger partial charge in [0.15, 0.2) is 0 Å². The van der Waals surface area contributed by atoms with E-state index in [9.17, 15) is 77.3 Å². The number of rotatable bonds is 43. The molecule has 1 rings (SSSR count). The molecule has 0 aromatic carbocycles. The Hall–Kier alpha value is -7.58. The molecule has 19 N–H and O–H groups in total. The monoisotopic (exact) mass is 1360 g/mol. The highest BCUT2D eigenvalue weighted by Gasteiger charge is 2.40. The second kappa shape index (κ2) is 43.6. The van der Waals surface area contributed by atoms with Gasteiger partial charge < -0.3 is 95.7 Å². The Morgan fingerprint density at radius 1 is 0.438 bits per heavy atom. The van der Waals surface area contributed by atoms with Crippen molar-refractivity contribution < 1.29 is 77.3 Å². The summed E-state index contributed by atoms with van der Waals surface area (Å²) in [6, 6.07) is -14.0. The molecule has 32 nitrogen and oxygen atoms in total. The summed E-state index contributed by atoms with van der Waals surface area (Å²) in [5.41, 5.74) is 11.2. The number of likely N-dealkylation sites (tertiary alicyclic amines) is 1. The van der Waals surface area contributed by atoms with Crippen molar-refractivity contribution in [2.24, 2.45) is 47.0 Å². The average molecular weight is 1370 g/mol. The van der Waals surface area contributed by atoms with Gasteiger partial charge in [-0.1, -0.05) is 89.5 Å². The molecule has 0 aliphatic carbocycles. The Bertz CT molecular complexity index is 2600. The number of aliphatic hydroxyl groups is 2. The molecule has 0 saturated carbocycles. The fourth-order valence-corrected chi connectivity index (χ4v) is 10.5. The molecule has 14 atom stereocenters. The third kappa shape index (κ3) is 30.2. The van der Waals surface area contributed by atoms with Crippen LogP contribution >= 0.6 is 0 Å². The van der Waals surface area contributed by atoms with Crippen molar-refractivity contribution in [3.63, 3.8) is 0 Å². The number of aliphatic hydroxyl groups excluding tert-OH is 2. The number of carbonyl (C=O) groups is 14. The second-order valence-corrected chi connectivity index (χ2v) is 26.8. The number of amides is 14. The number of nitrogens with zero attached hydrogens (tertiary/aromatic N) is 1. The van der Waals surface area contributed by atoms with Crippen LogP contribution in [0.5, 0.6) is 0 Å². The Labute approximate surface area is 565 Å². The summed E-state index contributed by atoms with van der Waals surface area (Å²) in [7, 11) is 0. The molecule has 14 amide bonds. The van der Waals surface area contributed by atoms with Crippen LogP contribution in [0.1, 0.15) is 169 Å². The summed E-state index contributed by atoms with van der Waals surface area (Å²) in [4.78, 5) is 191. The maximum absolute atomic E-state index is 14.4. The van der Waals surface area contributed by atoms with E-state index in [0.717, 1.165) is 0 Å². The molecule has 0 aromatic rings. The van der Waals surface area contributed by atoms with E-state index < -0.39 is 180 Å². The van der Waals surface area contributed by atoms with E-state index in [2.05, 4.69) is 69.1 Å². The van der Waals surface area contributed by atoms with Gasteiger partial charge in [0.25, 0.3) is 0 Å². The molecule has 1 fully saturated rings. The lowest BCUT2D eigenvalue weighted by atomic mass is 9.98. The van der Waals surface area contributed by atoms with E-state index in [0.29, 0.717) is 45.2 Å². The van der Waals surface area contributed by atoms with Crippen LogP contribution in [0.3, 0.4) is 0 Å². The molecular formula is C64H116N16O16. The Morgan fingerprint density at radius 2 is 0.854 bits per heavy atom. The molecule has 0 aromatic heterocycles. The fourth-order valence-electron chi connectivity index (χ4n) is 10.5. The van der Waals surface area contributed by atoms with Gasteiger partial charge in [-0.3, -0.25) is 67.1 Å². The lowest BCUT2D eigenvalue weighted by molar-refractivity contribution is -0.141. The zero-order valence-electron chi connectivity index (χ0n) is 59.3. The van der Waals surface area contributed by atoms with Crippen LogP contribution < -0.4 is 80.6 Å². The van der Waals surface area contributed by atoms with E-state index in [1.807, 2.05) is 20.8 Å². The van der Waals surface area contributed by atoms with Gasteiger partial charge in [0.1, 0.15) is 66.5 Å². The SMILES string of the molecule is CCNC(=O)[C@@H]1CCCN1C(=O)[C@H](CC(C)C)NC(=O)CNC(=O)[C@@H](NC(=O)[C@@H](NC(=O)[C@H](CC(C)C)NC(=O)[C@@H](NC(=O)[C@H](CCCCN)NC(=O)[C@H](CC(C)C)NC(=O)[C@@H](NC(=O)[C@H](C)NC(=O)CNC(=O)[C@@H](NC(=O)CN)[C@@H](C)CC)C(C)C)C(C)C)[C@@H](C)O)[C@@H](C)O. The minimum atomic E-state index is -1.79. The van der Waals surface area contributed by atoms with Crippen molar-refractivity contribution in [2.75, 3.05) is 39.3 Å². The van der Waals surface area contributed by atoms with Gasteiger partial charge in [-0.05, 0) is 121 Å². The van der Waals surface area contributed by atoms with Crippen LogP contribution in [0.25, 0.3) is 0 Å². The van der Waals surface area contributed by atoms with Gasteiger partial charge >= 0.3 is 0 Å². The molecule has 1 heterocycles. The summed E-state index contributed by atoms with van der Waals surface area (Å²) in [5, 5.41) is 54.9. The molecule has 0 bridgehead atoms. The van der Waals surface area contributed by atoms with Crippen molar-refractivity contribution in [3.8, 4) is 0 Å². The lowest BCUT2D eigenvalue weighted by Crippen LogP contribution is -2.63. The largest absolute Gasteiger partial charge is 0.391 e. The van der Waals surface area contributed by atoms with Crippen LogP contribution in [0.4, 0.5) is 0 Å². The number of carbonyl (C=O) groups excluding carboxylic acids is 14. The first-order chi connectivity index (χ1) is 44.8. The number of likely N-dealkylation sites (N-methyl/N-ethyl adjacent to an activating group) is 1. The van der Waals surface area contributed by atoms with Crippen LogP contribution in [0.15, 0.2) is 0 Å². The maximum Gasteiger partial charge on any atom is 0.245 e. The van der Waals surface area contributed by atoms with E-state index in [1.54, 1.807) is 69.2 Å². The van der Waals surface area contributed by atoms with Gasteiger partial charge in [-0.2, -0.15) is 0 Å². The van der Waals surface area contributed by atoms with Crippen LogP contribution in [-0.2, 0) is 67.1 Å². The zero-order chi connectivity index (χ0) is 73.4. The first kappa shape index (κ1) is 86.4. The first-order valence-electron chi connectivity index (χ1n) is 33.8. The van der Waals surface area contributed by atoms with E-state index in [-0.39, 0.29) is 68.4 Å². The molecule has 1 aliphatic rings. The first-order valence-corrected chi connectivity index (χ1v) is 33.8. The Kier molecular flexibility index (Phi) is 39.2. The standard InChI is InChI=1S/C64H116N16O16/c1-17-37(13)51(75-46(83)29-66)59(91)68-30-47(84)70-38(14)54(86)76-49(35(9)10)61(93)73-42(26-32(3)4)56(88)72-41(22-19-20-24-65)55(87)77-50(36(11)12)62(94)74-43(27-33(5)6)57(89)78-53(40(16)82)63(95)79-52(39(15)81)60(92)69-31-48(85)71-44(28-34(7)8)64(96)80-25-21-23-45(80)58(90)67-18-2/h32-45,49-53,81-82H,17-31,65-66H2,1-16H3,(H,67,90)(H,68,91)(H,69,92)(H,70,84)(H,71,85)(H,72,88)(H,73,93)(H,74,94)(H,75,83)(H,76,86)(H,77,87)(H,78,89)(H,79,95)/t37-,38-,39+,40+,41-,42-,43-,44-,45-,49-,50-,51-,52-,53-/m0/s1. The summed E-state index contributed by atoms with van der Waals surface area (Å²) in [5.74, 6) is -12.6. The summed E-state index contributed by atoms with van der Waals surface area (Å²) in [6.07, 6.45) is -0.610. The molecule has 0 radical (unpaired) electrons. The number of unbranched alkanes of at least 4 members (excludes halogenated alkanes) is 1. The van der Waals surface area contributed by atoms with E-state index in [4.69, 9.17) is 11.5 Å². The fraction of sp³-hybridized carbons (Fsp3) is 0.781. The van der Waals surface area contributed by atoms with Gasteiger partial charge in [0, 0.05) is 13.1 Å². The smallest absolute Gasteiger partial charge is 0.245 e. The number of nitrogens with one attached hydrogen (secondary N) is 13. The van der Waals surface area contributed by atoms with Crippen molar-refractivity contribution in [1.82, 2.24) is 74.0 Å². The molecule has 548 valence electrons. The topological polar surface area (TPSA) is 491 Å². The molecule has 96 heavy (non-hydrogen) atoms. The number of hydrogen-bond acceptors (Lipinski definition) is 18. The minimum absolute atomic E-state index is 0.0282. The second-order valence-electron chi connectivity index (χ2n) is 26.8. The number of hydrogen-bond donors (Lipinski definition) is 17. The van der Waals surface area contributed by atoms with Gasteiger partial charge in [-0.25, -0.2) is 0 Å². The summed E-state index contributed by atoms with van der Waals surface area (Å²) >= 11 is 0. The third-order valence-electron chi connectivity index (χ3n) is 16.0. The van der Waals surface area contributed by atoms with Crippen LogP contribution in [-0.4, -0.2) is 216 Å². The lowest BCUT2D eigenvalue weighted by Gasteiger charge is -2.30. The van der Waals surface area contributed by atoms with Gasteiger partial charge in [-0.15, -0.1) is 0 Å². The Balaban J connectivity index is 3.31. The molecule has 32 heteroatoms. The molecule has 1 aliphatic heterocycles. The van der Waals surface area contributed by atoms with Gasteiger partial charge in [0.2, 0.25) is 82.7 Å². The quantitative estimate of drug-likeness (QED) is 0.0264. The highest BCUT2D eigenvalue weighted by atomic mass is 16.3. The predicted molar refractivity (Wildman–Crippen MR) is 357 cm³/mol. The van der Waals surface area contributed by atoms with Crippen molar-refractivity contribution >= 4 is 82.7 Å². The highest BCUT2D eigenvalue weighted by Crippen LogP contribution is 2.21.